The van der Waals surface area contributed by atoms with Crippen LogP contribution in [0.1, 0.15) is 6.42 Å². The molecule has 2 aliphatic rings. The topological polar surface area (TPSA) is 73.2 Å². The maximum Gasteiger partial charge on any atom is 0.275 e. The molecule has 0 radical (unpaired) electrons. The Morgan fingerprint density at radius 2 is 1.71 bits per heavy atom. The number of hydrogen-bond donors (Lipinski definition) is 1. The second kappa shape index (κ2) is 7.79. The van der Waals surface area contributed by atoms with Gasteiger partial charge in [-0.05, 0) is 36.8 Å². The van der Waals surface area contributed by atoms with Crippen molar-refractivity contribution in [3.63, 3.8) is 0 Å². The lowest BCUT2D eigenvalue weighted by Crippen LogP contribution is -2.41. The number of rotatable bonds is 5. The van der Waals surface area contributed by atoms with Crippen LogP contribution in [0.2, 0.25) is 0 Å². The zero-order valence-electron chi connectivity index (χ0n) is 14.8. The van der Waals surface area contributed by atoms with Crippen molar-refractivity contribution >= 4 is 50.9 Å². The number of amidine groups is 1. The lowest BCUT2D eigenvalue weighted by atomic mass is 10.2. The third-order valence-electron chi connectivity index (χ3n) is 4.62. The van der Waals surface area contributed by atoms with Gasteiger partial charge in [0.1, 0.15) is 11.1 Å². The van der Waals surface area contributed by atoms with Crippen molar-refractivity contribution in [3.05, 3.63) is 60.8 Å². The first-order valence-electron chi connectivity index (χ1n) is 8.71. The lowest BCUT2D eigenvalue weighted by Gasteiger charge is -2.34. The van der Waals surface area contributed by atoms with E-state index < -0.39 is 15.4 Å². The summed E-state index contributed by atoms with van der Waals surface area (Å²) >= 11 is 7.81. The number of para-hydroxylation sites is 2. The first-order chi connectivity index (χ1) is 13.4. The van der Waals surface area contributed by atoms with Crippen LogP contribution in [0, 0.1) is 0 Å². The number of hydrogen-bond acceptors (Lipinski definition) is 6. The fourth-order valence-electron chi connectivity index (χ4n) is 3.34. The van der Waals surface area contributed by atoms with Gasteiger partial charge in [-0.1, -0.05) is 36.0 Å². The van der Waals surface area contributed by atoms with Gasteiger partial charge in [0, 0.05) is 34.3 Å². The minimum atomic E-state index is -4.38. The SMILES string of the molecule is O=S(=O)(O)C(CCN1c2ccccc2Sc2ccccc21)C1=NC=CCN1Cl. The minimum Gasteiger partial charge on any atom is -0.340 e. The summed E-state index contributed by atoms with van der Waals surface area (Å²) in [5, 5.41) is -1.20. The molecule has 0 spiro atoms. The number of benzene rings is 2. The Labute approximate surface area is 173 Å². The van der Waals surface area contributed by atoms with E-state index in [9.17, 15) is 13.0 Å². The van der Waals surface area contributed by atoms with Gasteiger partial charge >= 0.3 is 0 Å². The summed E-state index contributed by atoms with van der Waals surface area (Å²) in [4.78, 5) is 8.38. The van der Waals surface area contributed by atoms with Crippen LogP contribution in [0.15, 0.2) is 75.6 Å². The van der Waals surface area contributed by atoms with Gasteiger partial charge in [-0.2, -0.15) is 8.42 Å². The highest BCUT2D eigenvalue weighted by atomic mass is 35.5. The molecule has 0 amide bonds. The third-order valence-corrected chi connectivity index (χ3v) is 7.23. The van der Waals surface area contributed by atoms with E-state index in [1.54, 1.807) is 17.8 Å². The average molecular weight is 436 g/mol. The summed E-state index contributed by atoms with van der Waals surface area (Å²) in [6, 6.07) is 16.0. The Bertz CT molecular complexity index is 1010. The summed E-state index contributed by atoms with van der Waals surface area (Å²) in [7, 11) is -4.38. The molecule has 1 unspecified atom stereocenters. The third kappa shape index (κ3) is 3.77. The fraction of sp³-hybridized carbons (Fsp3) is 0.211. The Kier molecular flexibility index (Phi) is 5.37. The van der Waals surface area contributed by atoms with Crippen LogP contribution in [-0.4, -0.2) is 41.6 Å². The van der Waals surface area contributed by atoms with E-state index in [0.717, 1.165) is 21.2 Å². The number of aliphatic imine (C=N–C) groups is 1. The summed E-state index contributed by atoms with van der Waals surface area (Å²) in [6.45, 7) is 0.713. The molecule has 0 aromatic heterocycles. The van der Waals surface area contributed by atoms with Crippen molar-refractivity contribution in [2.24, 2.45) is 4.99 Å². The number of anilines is 2. The molecule has 0 saturated carbocycles. The van der Waals surface area contributed by atoms with Crippen LogP contribution in [0.3, 0.4) is 0 Å². The van der Waals surface area contributed by atoms with E-state index in [-0.39, 0.29) is 12.3 Å². The Morgan fingerprint density at radius 1 is 1.11 bits per heavy atom. The van der Waals surface area contributed by atoms with Crippen molar-refractivity contribution in [2.75, 3.05) is 18.0 Å². The van der Waals surface area contributed by atoms with E-state index in [0.29, 0.717) is 13.1 Å². The molecule has 0 fully saturated rings. The van der Waals surface area contributed by atoms with Gasteiger partial charge < -0.3 is 4.90 Å². The quantitative estimate of drug-likeness (QED) is 0.557. The Morgan fingerprint density at radius 3 is 2.29 bits per heavy atom. The molecule has 6 nitrogen and oxygen atoms in total. The molecule has 0 bridgehead atoms. The zero-order valence-corrected chi connectivity index (χ0v) is 17.2. The van der Waals surface area contributed by atoms with E-state index >= 15 is 0 Å². The highest BCUT2D eigenvalue weighted by molar-refractivity contribution is 7.99. The molecular formula is C19H18ClN3O3S2. The summed E-state index contributed by atoms with van der Waals surface area (Å²) in [5.41, 5.74) is 2.02. The van der Waals surface area contributed by atoms with Crippen LogP contribution >= 0.6 is 23.5 Å². The van der Waals surface area contributed by atoms with Crippen LogP contribution in [-0.2, 0) is 10.1 Å². The minimum absolute atomic E-state index is 0.139. The van der Waals surface area contributed by atoms with Gasteiger partial charge in [0.05, 0.1) is 17.9 Å². The maximum atomic E-state index is 12.1. The highest BCUT2D eigenvalue weighted by Crippen LogP contribution is 2.47. The van der Waals surface area contributed by atoms with E-state index in [4.69, 9.17) is 11.8 Å². The van der Waals surface area contributed by atoms with Crippen LogP contribution < -0.4 is 4.90 Å². The number of fused-ring (bicyclic) bond motifs is 2. The second-order valence-corrected chi connectivity index (χ2v) is 9.49. The first-order valence-corrected chi connectivity index (χ1v) is 11.4. The molecule has 2 aliphatic heterocycles. The first kappa shape index (κ1) is 19.3. The summed E-state index contributed by atoms with van der Waals surface area (Å²) in [6.07, 6.45) is 3.36. The van der Waals surface area contributed by atoms with Gasteiger partial charge in [-0.3, -0.25) is 8.97 Å². The molecule has 1 atom stereocenters. The molecule has 1 N–H and O–H groups in total. The molecule has 2 aromatic carbocycles. The molecule has 146 valence electrons. The van der Waals surface area contributed by atoms with Crippen molar-refractivity contribution in [3.8, 4) is 0 Å². The molecule has 0 saturated heterocycles. The zero-order chi connectivity index (χ0) is 19.7. The van der Waals surface area contributed by atoms with Crippen molar-refractivity contribution in [1.82, 2.24) is 4.42 Å². The van der Waals surface area contributed by atoms with Crippen LogP contribution in [0.25, 0.3) is 0 Å². The molecule has 9 heteroatoms. The number of nitrogens with zero attached hydrogens (tertiary/aromatic N) is 3. The van der Waals surface area contributed by atoms with Gasteiger partial charge in [0.25, 0.3) is 10.1 Å². The summed E-state index contributed by atoms with van der Waals surface area (Å²) < 4.78 is 35.2. The maximum absolute atomic E-state index is 12.1. The van der Waals surface area contributed by atoms with Gasteiger partial charge in [0.15, 0.2) is 0 Å². The van der Waals surface area contributed by atoms with Crippen LogP contribution in [0.4, 0.5) is 11.4 Å². The largest absolute Gasteiger partial charge is 0.340 e. The highest BCUT2D eigenvalue weighted by Gasteiger charge is 2.34. The van der Waals surface area contributed by atoms with E-state index in [1.807, 2.05) is 48.5 Å². The Hall–Kier alpha value is -2.00. The Balaban J connectivity index is 1.67. The van der Waals surface area contributed by atoms with Crippen molar-refractivity contribution in [2.45, 2.75) is 21.5 Å². The van der Waals surface area contributed by atoms with Gasteiger partial charge in [-0.15, -0.1) is 0 Å². The predicted octanol–water partition coefficient (Wildman–Crippen LogP) is 4.32. The van der Waals surface area contributed by atoms with Crippen molar-refractivity contribution in [1.29, 1.82) is 0 Å². The standard InChI is InChI=1S/C19H18ClN3O3S2/c20-23-12-5-11-21-19(23)18(28(24,25)26)10-13-22-14-6-1-3-8-16(14)27-17-9-4-2-7-15(17)22/h1-9,11,18H,10,12-13H2,(H,24,25,26). The molecule has 4 rings (SSSR count). The smallest absolute Gasteiger partial charge is 0.275 e. The van der Waals surface area contributed by atoms with Crippen LogP contribution in [0.5, 0.6) is 0 Å². The number of halogens is 1. The normalized spacial score (nSPS) is 17.0. The van der Waals surface area contributed by atoms with Crippen molar-refractivity contribution < 1.29 is 13.0 Å². The second-order valence-electron chi connectivity index (χ2n) is 6.40. The van der Waals surface area contributed by atoms with Gasteiger partial charge in [-0.25, -0.2) is 4.99 Å². The molecule has 28 heavy (non-hydrogen) atoms. The average Bonchev–Trinajstić information content (AvgIpc) is 2.67. The molecule has 0 aliphatic carbocycles. The lowest BCUT2D eigenvalue weighted by molar-refractivity contribution is 0.471. The fourth-order valence-corrected chi connectivity index (χ4v) is 5.60. The molecular weight excluding hydrogens is 418 g/mol. The van der Waals surface area contributed by atoms with Gasteiger partial charge in [0.2, 0.25) is 0 Å². The van der Waals surface area contributed by atoms with E-state index in [2.05, 4.69) is 9.89 Å². The summed E-state index contributed by atoms with van der Waals surface area (Å²) in [5.74, 6) is 0.139. The molecule has 2 heterocycles. The molecule has 2 aromatic rings. The monoisotopic (exact) mass is 435 g/mol. The van der Waals surface area contributed by atoms with E-state index in [1.165, 1.54) is 10.6 Å². The predicted molar refractivity (Wildman–Crippen MR) is 113 cm³/mol.